The Hall–Kier alpha value is 0.153. The summed E-state index contributed by atoms with van der Waals surface area (Å²) in [4.78, 5) is 2.34. The Balaban J connectivity index is 2.61. The van der Waals surface area contributed by atoms with Gasteiger partial charge in [-0.15, -0.1) is 0 Å². The van der Waals surface area contributed by atoms with Gasteiger partial charge in [0.05, 0.1) is 0 Å². The van der Waals surface area contributed by atoms with Crippen LogP contribution in [0.25, 0.3) is 0 Å². The van der Waals surface area contributed by atoms with Gasteiger partial charge in [0.25, 0.3) is 0 Å². The molecule has 26 valence electrons. The minimum atomic E-state index is 0.188. The zero-order valence-electron chi connectivity index (χ0n) is 3.02. The van der Waals surface area contributed by atoms with Crippen molar-refractivity contribution < 1.29 is 0 Å². The molecule has 1 rings (SSSR count). The third-order valence-corrected chi connectivity index (χ3v) is 2.83. The Labute approximate surface area is 37.9 Å². The van der Waals surface area contributed by atoms with Crippen molar-refractivity contribution in [1.82, 2.24) is 0 Å². The van der Waals surface area contributed by atoms with E-state index >= 15 is 0 Å². The fourth-order valence-electron chi connectivity index (χ4n) is 0.393. The molecule has 0 radical (unpaired) electrons. The molecule has 0 unspecified atom stereocenters. The van der Waals surface area contributed by atoms with Crippen LogP contribution in [0.5, 0.6) is 0 Å². The first-order chi connectivity index (χ1) is 2.50. The molecule has 0 aromatic carbocycles. The first-order valence-electron chi connectivity index (χ1n) is 1.82. The normalized spacial score (nSPS) is 17.6. The van der Waals surface area contributed by atoms with E-state index in [9.17, 15) is 0 Å². The molecule has 1 aliphatic heterocycles. The van der Waals surface area contributed by atoms with E-state index in [1.54, 1.807) is 0 Å². The average Bonchev–Trinajstić information content (AvgIpc) is 1.76. The second-order valence-corrected chi connectivity index (χ2v) is 3.88. The molecule has 0 bridgehead atoms. The maximum absolute atomic E-state index is 2.34. The first-order valence-corrected chi connectivity index (χ1v) is 4.93. The molecule has 1 heteroatoms. The molecule has 0 nitrogen and oxygen atoms in total. The molecule has 1 heterocycles. The van der Waals surface area contributed by atoms with E-state index in [0.717, 1.165) is 0 Å². The fourth-order valence-corrected chi connectivity index (χ4v) is 2.04. The summed E-state index contributed by atoms with van der Waals surface area (Å²) in [7, 11) is 0. The molecule has 1 aliphatic rings. The van der Waals surface area contributed by atoms with Crippen LogP contribution in [0, 0.1) is 0 Å². The summed E-state index contributed by atoms with van der Waals surface area (Å²) in [6.45, 7) is 0. The predicted octanol–water partition coefficient (Wildman–Crippen LogP) is 0.213. The summed E-state index contributed by atoms with van der Waals surface area (Å²) in [5, 5.41) is 1.42. The van der Waals surface area contributed by atoms with E-state index in [0.29, 0.717) is 0 Å². The van der Waals surface area contributed by atoms with Crippen LogP contribution in [0.1, 0.15) is 0 Å². The van der Waals surface area contributed by atoms with Crippen molar-refractivity contribution in [3.05, 3.63) is 12.2 Å². The van der Waals surface area contributed by atoms with Gasteiger partial charge in [-0.1, -0.05) is 0 Å². The third-order valence-electron chi connectivity index (χ3n) is 0.655. The molecule has 0 N–H and O–H groups in total. The molecule has 5 heavy (non-hydrogen) atoms. The van der Waals surface area contributed by atoms with Gasteiger partial charge in [-0.2, -0.15) is 0 Å². The summed E-state index contributed by atoms with van der Waals surface area (Å²) in [5.74, 6) is 0. The van der Waals surface area contributed by atoms with Gasteiger partial charge in [0.15, 0.2) is 0 Å². The number of allylic oxidation sites excluding steroid dienone is 2. The maximum atomic E-state index is 2.34. The molecule has 0 atom stereocenters. The van der Waals surface area contributed by atoms with Gasteiger partial charge in [0.1, 0.15) is 0 Å². The van der Waals surface area contributed by atoms with Gasteiger partial charge in [0, 0.05) is 0 Å². The second kappa shape index (κ2) is 1.55. The Kier molecular flexibility index (Phi) is 1.04. The van der Waals surface area contributed by atoms with E-state index in [4.69, 9.17) is 0 Å². The SMILES string of the molecule is C1=C[CH2][GeH]=[CH]1. The predicted molar refractivity (Wildman–Crippen MR) is 27.2 cm³/mol. The van der Waals surface area contributed by atoms with Crippen molar-refractivity contribution in [2.45, 2.75) is 5.25 Å². The summed E-state index contributed by atoms with van der Waals surface area (Å²) >= 11 is 0.188. The van der Waals surface area contributed by atoms with Gasteiger partial charge < -0.3 is 0 Å². The van der Waals surface area contributed by atoms with Crippen molar-refractivity contribution in [3.63, 3.8) is 0 Å². The van der Waals surface area contributed by atoms with Crippen LogP contribution in [0.3, 0.4) is 0 Å². The van der Waals surface area contributed by atoms with Gasteiger partial charge in [-0.25, -0.2) is 0 Å². The Morgan fingerprint density at radius 1 is 1.60 bits per heavy atom. The van der Waals surface area contributed by atoms with Crippen molar-refractivity contribution in [3.8, 4) is 0 Å². The number of hydrogen-bond acceptors (Lipinski definition) is 0. The molecule has 0 saturated carbocycles. The minimum absolute atomic E-state index is 0.188. The molecule has 0 saturated heterocycles. The zero-order valence-corrected chi connectivity index (χ0v) is 5.44. The van der Waals surface area contributed by atoms with Crippen molar-refractivity contribution in [2.75, 3.05) is 0 Å². The number of rotatable bonds is 0. The van der Waals surface area contributed by atoms with Gasteiger partial charge in [-0.3, -0.25) is 0 Å². The van der Waals surface area contributed by atoms with Crippen LogP contribution < -0.4 is 0 Å². The second-order valence-electron chi connectivity index (χ2n) is 1.09. The Morgan fingerprint density at radius 2 is 2.60 bits per heavy atom. The molecule has 0 aliphatic carbocycles. The van der Waals surface area contributed by atoms with Crippen LogP contribution in [0.15, 0.2) is 12.2 Å². The summed E-state index contributed by atoms with van der Waals surface area (Å²) in [5.41, 5.74) is 0. The molecule has 0 aromatic rings. The zero-order chi connectivity index (χ0) is 3.54. The van der Waals surface area contributed by atoms with Gasteiger partial charge in [0.2, 0.25) is 0 Å². The summed E-state index contributed by atoms with van der Waals surface area (Å²) in [6, 6.07) is 0. The quantitative estimate of drug-likeness (QED) is 0.408. The summed E-state index contributed by atoms with van der Waals surface area (Å²) in [6.07, 6.45) is 4.43. The summed E-state index contributed by atoms with van der Waals surface area (Å²) < 4.78 is 0. The third kappa shape index (κ3) is 0.725. The van der Waals surface area contributed by atoms with Crippen LogP contribution in [0.2, 0.25) is 5.25 Å². The van der Waals surface area contributed by atoms with Gasteiger partial charge in [-0.05, 0) is 0 Å². The molecule has 0 fully saturated rings. The molecular formula is C4H6Ge. The molecule has 0 spiro atoms. The standard InChI is InChI=1S/C4H6Ge/c1-2-4-5-3-1/h1-3,5H,4H2. The fraction of sp³-hybridized carbons (Fsp3) is 0.250. The van der Waals surface area contributed by atoms with Crippen LogP contribution in [-0.4, -0.2) is 19.8 Å². The number of hydrogen-bond donors (Lipinski definition) is 0. The topological polar surface area (TPSA) is 0 Å². The Morgan fingerprint density at radius 3 is 2.80 bits per heavy atom. The van der Waals surface area contributed by atoms with Gasteiger partial charge >= 0.3 is 37.2 Å². The van der Waals surface area contributed by atoms with E-state index in [2.05, 4.69) is 17.0 Å². The van der Waals surface area contributed by atoms with Crippen molar-refractivity contribution in [1.29, 1.82) is 0 Å². The van der Waals surface area contributed by atoms with Crippen molar-refractivity contribution >= 4 is 19.8 Å². The van der Waals surface area contributed by atoms with E-state index in [1.807, 2.05) is 0 Å². The Bertz CT molecular complexity index is 61.7. The van der Waals surface area contributed by atoms with E-state index < -0.39 is 0 Å². The first kappa shape index (κ1) is 3.35. The van der Waals surface area contributed by atoms with E-state index in [1.165, 1.54) is 5.25 Å². The van der Waals surface area contributed by atoms with Crippen LogP contribution in [0.4, 0.5) is 0 Å². The molecule has 0 aromatic heterocycles. The van der Waals surface area contributed by atoms with E-state index in [-0.39, 0.29) is 15.0 Å². The van der Waals surface area contributed by atoms with Crippen LogP contribution >= 0.6 is 0 Å². The van der Waals surface area contributed by atoms with Crippen LogP contribution in [-0.2, 0) is 0 Å². The molecule has 0 amide bonds. The molecular weight excluding hydrogens is 121 g/mol. The van der Waals surface area contributed by atoms with Crippen molar-refractivity contribution in [2.24, 2.45) is 0 Å². The monoisotopic (exact) mass is 128 g/mol. The average molecular weight is 127 g/mol.